The molecule has 28 heavy (non-hydrogen) atoms. The maximum atomic E-state index is 13.0. The van der Waals surface area contributed by atoms with Gasteiger partial charge in [0, 0.05) is 37.9 Å². The van der Waals surface area contributed by atoms with E-state index in [1.54, 1.807) is 24.1 Å². The largest absolute Gasteiger partial charge is 0.493 e. The number of nitrogens with zero attached hydrogens (tertiary/aromatic N) is 2. The average molecular weight is 405 g/mol. The first-order valence-corrected chi connectivity index (χ1v) is 9.50. The molecule has 1 aliphatic heterocycles. The summed E-state index contributed by atoms with van der Waals surface area (Å²) in [7, 11) is 4.81. The van der Waals surface area contributed by atoms with Gasteiger partial charge in [0.1, 0.15) is 0 Å². The Kier molecular flexibility index (Phi) is 6.65. The van der Waals surface area contributed by atoms with Crippen LogP contribution in [0.5, 0.6) is 11.5 Å². The summed E-state index contributed by atoms with van der Waals surface area (Å²) in [6.07, 6.45) is 0. The zero-order valence-corrected chi connectivity index (χ0v) is 17.2. The summed E-state index contributed by atoms with van der Waals surface area (Å²) in [5, 5.41) is 0.340. The van der Waals surface area contributed by atoms with Crippen molar-refractivity contribution in [3.63, 3.8) is 0 Å². The van der Waals surface area contributed by atoms with Gasteiger partial charge in [0.05, 0.1) is 32.5 Å². The molecule has 0 saturated carbocycles. The molecule has 3 rings (SSSR count). The molecule has 6 nitrogen and oxygen atoms in total. The van der Waals surface area contributed by atoms with Crippen LogP contribution in [0.3, 0.4) is 0 Å². The van der Waals surface area contributed by atoms with Crippen LogP contribution in [-0.2, 0) is 11.3 Å². The van der Waals surface area contributed by atoms with E-state index in [2.05, 4.69) is 17.0 Å². The molecular formula is C21H25ClN2O4. The van der Waals surface area contributed by atoms with Gasteiger partial charge in [-0.05, 0) is 23.8 Å². The Morgan fingerprint density at radius 3 is 2.57 bits per heavy atom. The summed E-state index contributed by atoms with van der Waals surface area (Å²) in [6, 6.07) is 11.4. The average Bonchev–Trinajstić information content (AvgIpc) is 2.73. The molecule has 150 valence electrons. The highest BCUT2D eigenvalue weighted by Crippen LogP contribution is 2.36. The predicted molar refractivity (Wildman–Crippen MR) is 110 cm³/mol. The lowest BCUT2D eigenvalue weighted by Crippen LogP contribution is -2.37. The molecule has 7 heteroatoms. The van der Waals surface area contributed by atoms with Crippen molar-refractivity contribution in [2.45, 2.75) is 6.54 Å². The number of hydrogen-bond donors (Lipinski definition) is 0. The van der Waals surface area contributed by atoms with E-state index in [9.17, 15) is 4.79 Å². The van der Waals surface area contributed by atoms with Crippen LogP contribution in [0.25, 0.3) is 0 Å². The lowest BCUT2D eigenvalue weighted by molar-refractivity contribution is 0.0784. The number of amides is 1. The van der Waals surface area contributed by atoms with Gasteiger partial charge in [0.25, 0.3) is 5.91 Å². The van der Waals surface area contributed by atoms with Gasteiger partial charge in [-0.25, -0.2) is 0 Å². The molecule has 2 aromatic carbocycles. The summed E-state index contributed by atoms with van der Waals surface area (Å²) in [5.41, 5.74) is 2.68. The number of carbonyl (C=O) groups excluding carboxylic acids is 1. The van der Waals surface area contributed by atoms with Crippen molar-refractivity contribution < 1.29 is 19.0 Å². The lowest BCUT2D eigenvalue weighted by atomic mass is 10.1. The molecule has 0 atom stereocenters. The summed E-state index contributed by atoms with van der Waals surface area (Å²) in [6.45, 7) is 3.61. The highest BCUT2D eigenvalue weighted by atomic mass is 35.5. The highest BCUT2D eigenvalue weighted by molar-refractivity contribution is 6.32. The smallest absolute Gasteiger partial charge is 0.254 e. The van der Waals surface area contributed by atoms with E-state index >= 15 is 0 Å². The third-order valence-corrected chi connectivity index (χ3v) is 5.06. The SMILES string of the molecule is COc1cc(C(=O)N(C)Cc2ccccc2N2CCOCC2)cc(Cl)c1OC. The minimum atomic E-state index is -0.139. The summed E-state index contributed by atoms with van der Waals surface area (Å²) < 4.78 is 16.0. The highest BCUT2D eigenvalue weighted by Gasteiger charge is 2.20. The molecule has 2 aromatic rings. The van der Waals surface area contributed by atoms with Gasteiger partial charge in [-0.2, -0.15) is 0 Å². The van der Waals surface area contributed by atoms with Gasteiger partial charge in [0.2, 0.25) is 0 Å². The number of rotatable bonds is 6. The number of halogens is 1. The third kappa shape index (κ3) is 4.34. The Balaban J connectivity index is 1.81. The first kappa shape index (κ1) is 20.3. The lowest BCUT2D eigenvalue weighted by Gasteiger charge is -2.31. The van der Waals surface area contributed by atoms with E-state index < -0.39 is 0 Å². The molecule has 0 unspecified atom stereocenters. The number of methoxy groups -OCH3 is 2. The number of morpholine rings is 1. The molecule has 0 bridgehead atoms. The normalized spacial score (nSPS) is 13.9. The molecule has 1 saturated heterocycles. The zero-order valence-electron chi connectivity index (χ0n) is 16.4. The Morgan fingerprint density at radius 1 is 1.18 bits per heavy atom. The van der Waals surface area contributed by atoms with Crippen LogP contribution < -0.4 is 14.4 Å². The van der Waals surface area contributed by atoms with E-state index in [1.165, 1.54) is 14.2 Å². The molecule has 0 spiro atoms. The van der Waals surface area contributed by atoms with Gasteiger partial charge in [-0.1, -0.05) is 29.8 Å². The van der Waals surface area contributed by atoms with Gasteiger partial charge >= 0.3 is 0 Å². The van der Waals surface area contributed by atoms with Crippen molar-refractivity contribution in [1.82, 2.24) is 4.90 Å². The molecule has 0 radical (unpaired) electrons. The standard InChI is InChI=1S/C21H25ClN2O4/c1-23(21(25)16-12-17(22)20(27-3)19(13-16)26-2)14-15-6-4-5-7-18(15)24-8-10-28-11-9-24/h4-7,12-13H,8-11,14H2,1-3H3. The predicted octanol–water partition coefficient (Wildman–Crippen LogP) is 3.47. The van der Waals surface area contributed by atoms with Crippen LogP contribution in [0.2, 0.25) is 5.02 Å². The maximum absolute atomic E-state index is 13.0. The van der Waals surface area contributed by atoms with Crippen molar-refractivity contribution >= 4 is 23.2 Å². The summed E-state index contributed by atoms with van der Waals surface area (Å²) >= 11 is 6.25. The quantitative estimate of drug-likeness (QED) is 0.738. The Hall–Kier alpha value is -2.44. The first-order chi connectivity index (χ1) is 13.5. The van der Waals surface area contributed by atoms with Crippen LogP contribution >= 0.6 is 11.6 Å². The number of hydrogen-bond acceptors (Lipinski definition) is 5. The molecule has 0 aromatic heterocycles. The van der Waals surface area contributed by atoms with Gasteiger partial charge < -0.3 is 24.0 Å². The Bertz CT molecular complexity index is 837. The minimum absolute atomic E-state index is 0.139. The van der Waals surface area contributed by atoms with Gasteiger partial charge in [-0.3, -0.25) is 4.79 Å². The van der Waals surface area contributed by atoms with Crippen LogP contribution in [0.15, 0.2) is 36.4 Å². The van der Waals surface area contributed by atoms with Crippen molar-refractivity contribution in [3.05, 3.63) is 52.5 Å². The van der Waals surface area contributed by atoms with Crippen LogP contribution in [0.4, 0.5) is 5.69 Å². The molecule has 0 aliphatic carbocycles. The van der Waals surface area contributed by atoms with Crippen molar-refractivity contribution in [3.8, 4) is 11.5 Å². The van der Waals surface area contributed by atoms with E-state index in [1.807, 2.05) is 12.1 Å². The second-order valence-corrected chi connectivity index (χ2v) is 6.99. The maximum Gasteiger partial charge on any atom is 0.254 e. The van der Waals surface area contributed by atoms with Crippen LogP contribution in [-0.4, -0.2) is 58.4 Å². The number of benzene rings is 2. The fraction of sp³-hybridized carbons (Fsp3) is 0.381. The van der Waals surface area contributed by atoms with Crippen molar-refractivity contribution in [1.29, 1.82) is 0 Å². The zero-order chi connectivity index (χ0) is 20.1. The van der Waals surface area contributed by atoms with E-state index in [0.717, 1.165) is 24.3 Å². The monoisotopic (exact) mass is 404 g/mol. The topological polar surface area (TPSA) is 51.2 Å². The molecule has 1 fully saturated rings. The molecule has 1 heterocycles. The molecule has 0 N–H and O–H groups in total. The summed E-state index contributed by atoms with van der Waals surface area (Å²) in [4.78, 5) is 17.0. The van der Waals surface area contributed by atoms with E-state index in [-0.39, 0.29) is 5.91 Å². The molecule has 1 amide bonds. The van der Waals surface area contributed by atoms with E-state index in [4.69, 9.17) is 25.8 Å². The second kappa shape index (κ2) is 9.17. The second-order valence-electron chi connectivity index (χ2n) is 6.58. The Morgan fingerprint density at radius 2 is 1.89 bits per heavy atom. The van der Waals surface area contributed by atoms with Gasteiger partial charge in [-0.15, -0.1) is 0 Å². The third-order valence-electron chi connectivity index (χ3n) is 4.78. The molecule has 1 aliphatic rings. The summed E-state index contributed by atoms with van der Waals surface area (Å²) in [5.74, 6) is 0.709. The van der Waals surface area contributed by atoms with Crippen LogP contribution in [0, 0.1) is 0 Å². The van der Waals surface area contributed by atoms with Crippen LogP contribution in [0.1, 0.15) is 15.9 Å². The number of carbonyl (C=O) groups is 1. The minimum Gasteiger partial charge on any atom is -0.493 e. The van der Waals surface area contributed by atoms with Gasteiger partial charge in [0.15, 0.2) is 11.5 Å². The fourth-order valence-electron chi connectivity index (χ4n) is 3.35. The number of ether oxygens (including phenoxy) is 3. The van der Waals surface area contributed by atoms with Crippen molar-refractivity contribution in [2.24, 2.45) is 0 Å². The van der Waals surface area contributed by atoms with E-state index in [0.29, 0.717) is 41.8 Å². The fourth-order valence-corrected chi connectivity index (χ4v) is 3.63. The number of para-hydroxylation sites is 1. The first-order valence-electron chi connectivity index (χ1n) is 9.12. The Labute approximate surface area is 170 Å². The van der Waals surface area contributed by atoms with Crippen molar-refractivity contribution in [2.75, 3.05) is 52.5 Å². The molecular weight excluding hydrogens is 380 g/mol. The number of anilines is 1.